The first kappa shape index (κ1) is 10.7. The number of ketones is 1. The zero-order valence-electron chi connectivity index (χ0n) is 9.59. The predicted octanol–water partition coefficient (Wildman–Crippen LogP) is -0.156. The Morgan fingerprint density at radius 2 is 1.87 bits per heavy atom. The Bertz CT molecular complexity index is 265. The van der Waals surface area contributed by atoms with Crippen molar-refractivity contribution in [1.82, 2.24) is 4.90 Å². The molecular formula is C12H21N2O+. The van der Waals surface area contributed by atoms with Gasteiger partial charge < -0.3 is 9.80 Å². The smallest absolute Gasteiger partial charge is 0.160 e. The van der Waals surface area contributed by atoms with Gasteiger partial charge in [-0.05, 0) is 19.3 Å². The Balaban J connectivity index is 1.93. The Kier molecular flexibility index (Phi) is 3.41. The number of carbonyl (C=O) groups excluding carboxylic acids is 1. The molecular weight excluding hydrogens is 188 g/mol. The highest BCUT2D eigenvalue weighted by atomic mass is 16.1. The molecule has 2 rings (SSSR count). The lowest BCUT2D eigenvalue weighted by atomic mass is 9.94. The van der Waals surface area contributed by atoms with Gasteiger partial charge in [-0.3, -0.25) is 4.79 Å². The van der Waals surface area contributed by atoms with E-state index in [1.807, 2.05) is 0 Å². The van der Waals surface area contributed by atoms with Crippen molar-refractivity contribution in [2.45, 2.75) is 25.7 Å². The molecule has 0 spiro atoms. The molecule has 2 fully saturated rings. The van der Waals surface area contributed by atoms with Gasteiger partial charge in [0.1, 0.15) is 0 Å². The number of nitrogens with one attached hydrogen (secondary N) is 1. The van der Waals surface area contributed by atoms with E-state index in [-0.39, 0.29) is 0 Å². The van der Waals surface area contributed by atoms with Crippen LogP contribution in [0.15, 0.2) is 11.8 Å². The van der Waals surface area contributed by atoms with Crippen LogP contribution in [-0.2, 0) is 4.79 Å². The van der Waals surface area contributed by atoms with E-state index in [1.54, 1.807) is 4.90 Å². The Hall–Kier alpha value is -0.830. The Morgan fingerprint density at radius 3 is 2.53 bits per heavy atom. The van der Waals surface area contributed by atoms with Gasteiger partial charge >= 0.3 is 0 Å². The molecule has 0 bridgehead atoms. The van der Waals surface area contributed by atoms with E-state index in [0.717, 1.165) is 37.9 Å². The summed E-state index contributed by atoms with van der Waals surface area (Å²) in [5, 5.41) is 0. The topological polar surface area (TPSA) is 24.8 Å². The minimum atomic E-state index is 0.382. The van der Waals surface area contributed by atoms with Gasteiger partial charge in [0.2, 0.25) is 0 Å². The van der Waals surface area contributed by atoms with Crippen molar-refractivity contribution in [1.29, 1.82) is 0 Å². The number of Topliss-reactive ketones (excluding diaryl/α,β-unsaturated/α-hetero) is 1. The first-order valence-corrected chi connectivity index (χ1v) is 6.05. The first-order valence-electron chi connectivity index (χ1n) is 6.05. The molecule has 15 heavy (non-hydrogen) atoms. The largest absolute Gasteiger partial charge is 0.366 e. The molecule has 1 aliphatic heterocycles. The van der Waals surface area contributed by atoms with Crippen LogP contribution in [0, 0.1) is 0 Å². The second-order valence-corrected chi connectivity index (χ2v) is 4.78. The van der Waals surface area contributed by atoms with Gasteiger partial charge in [-0.15, -0.1) is 0 Å². The fraction of sp³-hybridized carbons (Fsp3) is 0.750. The van der Waals surface area contributed by atoms with Crippen LogP contribution in [0.1, 0.15) is 25.7 Å². The fourth-order valence-corrected chi connectivity index (χ4v) is 2.29. The summed E-state index contributed by atoms with van der Waals surface area (Å²) in [6.07, 6.45) is 6.18. The lowest BCUT2D eigenvalue weighted by Crippen LogP contribution is -3.11. The molecule has 3 nitrogen and oxygen atoms in total. The molecule has 1 saturated carbocycles. The molecule has 0 atom stereocenters. The molecule has 0 unspecified atom stereocenters. The summed E-state index contributed by atoms with van der Waals surface area (Å²) in [7, 11) is 2.23. The number of hydrogen-bond acceptors (Lipinski definition) is 2. The lowest BCUT2D eigenvalue weighted by molar-refractivity contribution is -0.883. The van der Waals surface area contributed by atoms with Crippen LogP contribution in [-0.4, -0.2) is 43.9 Å². The summed E-state index contributed by atoms with van der Waals surface area (Å²) in [6.45, 7) is 4.58. The van der Waals surface area contributed by atoms with Gasteiger partial charge in [0.25, 0.3) is 0 Å². The quantitative estimate of drug-likeness (QED) is 0.607. The van der Waals surface area contributed by atoms with Crippen LogP contribution in [0.3, 0.4) is 0 Å². The second kappa shape index (κ2) is 4.79. The summed E-state index contributed by atoms with van der Waals surface area (Å²) >= 11 is 0. The van der Waals surface area contributed by atoms with E-state index in [2.05, 4.69) is 18.1 Å². The van der Waals surface area contributed by atoms with E-state index >= 15 is 0 Å². The third-order valence-corrected chi connectivity index (χ3v) is 3.45. The predicted molar refractivity (Wildman–Crippen MR) is 59.8 cm³/mol. The first-order chi connectivity index (χ1) is 7.25. The molecule has 0 amide bonds. The highest BCUT2D eigenvalue weighted by Crippen LogP contribution is 2.20. The third kappa shape index (κ3) is 2.81. The number of likely N-dealkylation sites (N-methyl/N-ethyl adjacent to an activating group) is 1. The summed E-state index contributed by atoms with van der Waals surface area (Å²) in [6, 6.07) is 0. The van der Waals surface area contributed by atoms with Crippen LogP contribution < -0.4 is 4.90 Å². The number of hydrogen-bond donors (Lipinski definition) is 1. The van der Waals surface area contributed by atoms with Crippen LogP contribution in [0.25, 0.3) is 0 Å². The fourth-order valence-electron chi connectivity index (χ4n) is 2.29. The number of nitrogens with zero attached hydrogens (tertiary/aromatic N) is 1. The molecule has 0 aromatic carbocycles. The van der Waals surface area contributed by atoms with Gasteiger partial charge in [0, 0.05) is 18.2 Å². The average molecular weight is 209 g/mol. The van der Waals surface area contributed by atoms with Crippen LogP contribution in [0.4, 0.5) is 0 Å². The van der Waals surface area contributed by atoms with Crippen molar-refractivity contribution < 1.29 is 9.69 Å². The van der Waals surface area contributed by atoms with Crippen LogP contribution >= 0.6 is 0 Å². The monoisotopic (exact) mass is 209 g/mol. The number of quaternary nitrogens is 1. The van der Waals surface area contributed by atoms with Gasteiger partial charge in [-0.1, -0.05) is 0 Å². The maximum atomic E-state index is 11.6. The Morgan fingerprint density at radius 1 is 1.20 bits per heavy atom. The number of piperazine rings is 1. The van der Waals surface area contributed by atoms with E-state index in [0.29, 0.717) is 5.78 Å². The SMILES string of the molecule is C[NH+]1CCN(/C=C2\CCCCC2=O)CC1. The molecule has 0 radical (unpaired) electrons. The van der Waals surface area contributed by atoms with E-state index in [1.165, 1.54) is 19.5 Å². The molecule has 0 aromatic rings. The second-order valence-electron chi connectivity index (χ2n) is 4.78. The maximum absolute atomic E-state index is 11.6. The number of carbonyl (C=O) groups is 1. The van der Waals surface area contributed by atoms with Crippen LogP contribution in [0.2, 0.25) is 0 Å². The highest BCUT2D eigenvalue weighted by molar-refractivity contribution is 5.95. The molecule has 0 aromatic heterocycles. The zero-order chi connectivity index (χ0) is 10.7. The van der Waals surface area contributed by atoms with E-state index in [9.17, 15) is 4.79 Å². The number of allylic oxidation sites excluding steroid dienone is 1. The zero-order valence-corrected chi connectivity index (χ0v) is 9.59. The molecule has 1 aliphatic carbocycles. The van der Waals surface area contributed by atoms with Gasteiger partial charge in [0.15, 0.2) is 5.78 Å². The summed E-state index contributed by atoms with van der Waals surface area (Å²) < 4.78 is 0. The van der Waals surface area contributed by atoms with Gasteiger partial charge in [-0.2, -0.15) is 0 Å². The maximum Gasteiger partial charge on any atom is 0.160 e. The normalized spacial score (nSPS) is 27.4. The van der Waals surface area contributed by atoms with Crippen molar-refractivity contribution >= 4 is 5.78 Å². The van der Waals surface area contributed by atoms with Crippen molar-refractivity contribution in [2.75, 3.05) is 33.2 Å². The van der Waals surface area contributed by atoms with E-state index < -0.39 is 0 Å². The van der Waals surface area contributed by atoms with Gasteiger partial charge in [0.05, 0.1) is 33.2 Å². The van der Waals surface area contributed by atoms with Crippen molar-refractivity contribution in [2.24, 2.45) is 0 Å². The van der Waals surface area contributed by atoms with Crippen molar-refractivity contribution in [3.05, 3.63) is 11.8 Å². The molecule has 84 valence electrons. The molecule has 2 aliphatic rings. The summed E-state index contributed by atoms with van der Waals surface area (Å²) in [5.41, 5.74) is 1.07. The van der Waals surface area contributed by atoms with Crippen molar-refractivity contribution in [3.8, 4) is 0 Å². The van der Waals surface area contributed by atoms with E-state index in [4.69, 9.17) is 0 Å². The van der Waals surface area contributed by atoms with Crippen molar-refractivity contribution in [3.63, 3.8) is 0 Å². The summed E-state index contributed by atoms with van der Waals surface area (Å²) in [5.74, 6) is 0.382. The number of rotatable bonds is 1. The molecule has 1 saturated heterocycles. The van der Waals surface area contributed by atoms with Gasteiger partial charge in [-0.25, -0.2) is 0 Å². The lowest BCUT2D eigenvalue weighted by Gasteiger charge is -2.30. The minimum absolute atomic E-state index is 0.382. The third-order valence-electron chi connectivity index (χ3n) is 3.45. The van der Waals surface area contributed by atoms with Crippen LogP contribution in [0.5, 0.6) is 0 Å². The molecule has 1 heterocycles. The highest BCUT2D eigenvalue weighted by Gasteiger charge is 2.18. The standard InChI is InChI=1S/C12H20N2O/c1-13-6-8-14(9-7-13)10-11-4-2-3-5-12(11)15/h10H,2-9H2,1H3/p+1/b11-10+. The minimum Gasteiger partial charge on any atom is -0.366 e. The summed E-state index contributed by atoms with van der Waals surface area (Å²) in [4.78, 5) is 15.6. The molecule has 3 heteroatoms. The Labute approximate surface area is 91.7 Å². The average Bonchev–Trinajstić information content (AvgIpc) is 2.25. The molecule has 1 N–H and O–H groups in total.